The molecular formula is C13H14FN3O3S. The second-order valence-corrected chi connectivity index (χ2v) is 7.37. The van der Waals surface area contributed by atoms with Gasteiger partial charge >= 0.3 is 0 Å². The van der Waals surface area contributed by atoms with E-state index in [-0.39, 0.29) is 24.0 Å². The molecule has 1 fully saturated rings. The summed E-state index contributed by atoms with van der Waals surface area (Å²) >= 11 is 0. The van der Waals surface area contributed by atoms with Crippen molar-refractivity contribution in [1.29, 1.82) is 0 Å². The molecule has 112 valence electrons. The summed E-state index contributed by atoms with van der Waals surface area (Å²) in [6, 6.07) is 2.88. The molecule has 2 aromatic rings. The van der Waals surface area contributed by atoms with E-state index in [0.717, 1.165) is 0 Å². The fourth-order valence-electron chi connectivity index (χ4n) is 2.53. The Morgan fingerprint density at radius 2 is 2.29 bits per heavy atom. The van der Waals surface area contributed by atoms with Gasteiger partial charge in [-0.15, -0.1) is 0 Å². The van der Waals surface area contributed by atoms with Crippen molar-refractivity contribution in [2.45, 2.75) is 13.0 Å². The molecule has 21 heavy (non-hydrogen) atoms. The monoisotopic (exact) mass is 311 g/mol. The molecule has 0 spiro atoms. The maximum absolute atomic E-state index is 13.8. The zero-order valence-corrected chi connectivity index (χ0v) is 11.9. The van der Waals surface area contributed by atoms with Crippen LogP contribution in [0.4, 0.5) is 4.39 Å². The Morgan fingerprint density at radius 1 is 1.48 bits per heavy atom. The van der Waals surface area contributed by atoms with Crippen LogP contribution in [0.25, 0.3) is 11.0 Å². The van der Waals surface area contributed by atoms with Crippen LogP contribution < -0.4 is 5.32 Å². The van der Waals surface area contributed by atoms with Gasteiger partial charge in [-0.05, 0) is 18.6 Å². The summed E-state index contributed by atoms with van der Waals surface area (Å²) in [5, 5.41) is 2.60. The molecule has 1 aliphatic rings. The highest BCUT2D eigenvalue weighted by Gasteiger charge is 2.32. The SMILES string of the molecule is O=C(NCc1c(F)ccc2[nH]cnc12)C1CCS(=O)(=O)C1. The predicted octanol–water partition coefficient (Wildman–Crippen LogP) is 0.753. The number of nitrogens with one attached hydrogen (secondary N) is 2. The summed E-state index contributed by atoms with van der Waals surface area (Å²) in [4.78, 5) is 18.9. The van der Waals surface area contributed by atoms with E-state index < -0.39 is 21.6 Å². The highest BCUT2D eigenvalue weighted by atomic mass is 32.2. The fraction of sp³-hybridized carbons (Fsp3) is 0.385. The molecule has 1 saturated heterocycles. The minimum Gasteiger partial charge on any atom is -0.352 e. The molecule has 1 aliphatic heterocycles. The van der Waals surface area contributed by atoms with Gasteiger partial charge in [0.25, 0.3) is 0 Å². The number of halogens is 1. The standard InChI is InChI=1S/C13H14FN3O3S/c14-10-1-2-11-12(17-7-16-11)9(10)5-15-13(18)8-3-4-21(19,20)6-8/h1-2,7-8H,3-6H2,(H,15,18)(H,16,17). The third-order valence-electron chi connectivity index (χ3n) is 3.68. The van der Waals surface area contributed by atoms with Gasteiger partial charge in [0.2, 0.25) is 5.91 Å². The first kappa shape index (κ1) is 14.0. The fourth-order valence-corrected chi connectivity index (χ4v) is 4.27. The predicted molar refractivity (Wildman–Crippen MR) is 74.7 cm³/mol. The molecule has 1 aromatic heterocycles. The summed E-state index contributed by atoms with van der Waals surface area (Å²) in [5.74, 6) is -1.45. The van der Waals surface area contributed by atoms with Crippen LogP contribution >= 0.6 is 0 Å². The van der Waals surface area contributed by atoms with Gasteiger partial charge in [0, 0.05) is 12.1 Å². The number of carbonyl (C=O) groups excluding carboxylic acids is 1. The first-order chi connectivity index (χ1) is 9.96. The maximum Gasteiger partial charge on any atom is 0.224 e. The number of hydrogen-bond acceptors (Lipinski definition) is 4. The Hall–Kier alpha value is -1.96. The molecule has 0 aliphatic carbocycles. The largest absolute Gasteiger partial charge is 0.352 e. The van der Waals surface area contributed by atoms with E-state index in [0.29, 0.717) is 23.0 Å². The normalized spacial score (nSPS) is 20.7. The highest BCUT2D eigenvalue weighted by Crippen LogP contribution is 2.20. The molecule has 6 nitrogen and oxygen atoms in total. The van der Waals surface area contributed by atoms with E-state index in [4.69, 9.17) is 0 Å². The number of amides is 1. The Bertz CT molecular complexity index is 800. The Morgan fingerprint density at radius 3 is 3.00 bits per heavy atom. The quantitative estimate of drug-likeness (QED) is 0.875. The number of rotatable bonds is 3. The Kier molecular flexibility index (Phi) is 3.40. The lowest BCUT2D eigenvalue weighted by molar-refractivity contribution is -0.124. The minimum atomic E-state index is -3.11. The smallest absolute Gasteiger partial charge is 0.224 e. The van der Waals surface area contributed by atoms with Crippen molar-refractivity contribution in [2.75, 3.05) is 11.5 Å². The van der Waals surface area contributed by atoms with Crippen LogP contribution in [0.15, 0.2) is 18.5 Å². The van der Waals surface area contributed by atoms with Crippen molar-refractivity contribution < 1.29 is 17.6 Å². The molecule has 2 N–H and O–H groups in total. The lowest BCUT2D eigenvalue weighted by Gasteiger charge is -2.10. The topological polar surface area (TPSA) is 91.9 Å². The van der Waals surface area contributed by atoms with E-state index >= 15 is 0 Å². The Labute approximate surface area is 120 Å². The molecular weight excluding hydrogens is 297 g/mol. The van der Waals surface area contributed by atoms with Gasteiger partial charge in [-0.1, -0.05) is 0 Å². The first-order valence-corrected chi connectivity index (χ1v) is 8.37. The van der Waals surface area contributed by atoms with Gasteiger partial charge < -0.3 is 10.3 Å². The molecule has 2 heterocycles. The van der Waals surface area contributed by atoms with Crippen LogP contribution in [-0.4, -0.2) is 35.8 Å². The number of fused-ring (bicyclic) bond motifs is 1. The first-order valence-electron chi connectivity index (χ1n) is 6.55. The lowest BCUT2D eigenvalue weighted by atomic mass is 10.1. The van der Waals surface area contributed by atoms with Crippen molar-refractivity contribution in [3.05, 3.63) is 29.8 Å². The second-order valence-electron chi connectivity index (χ2n) is 5.14. The van der Waals surface area contributed by atoms with Crippen molar-refractivity contribution >= 4 is 26.8 Å². The molecule has 3 rings (SSSR count). The lowest BCUT2D eigenvalue weighted by Crippen LogP contribution is -2.31. The van der Waals surface area contributed by atoms with Gasteiger partial charge in [0.05, 0.1) is 34.8 Å². The highest BCUT2D eigenvalue weighted by molar-refractivity contribution is 7.91. The summed E-state index contributed by atoms with van der Waals surface area (Å²) in [6.45, 7) is -0.0105. The maximum atomic E-state index is 13.8. The number of benzene rings is 1. The van der Waals surface area contributed by atoms with Crippen LogP contribution in [0.2, 0.25) is 0 Å². The van der Waals surface area contributed by atoms with Crippen LogP contribution in [0.5, 0.6) is 0 Å². The number of carbonyl (C=O) groups is 1. The average molecular weight is 311 g/mol. The van der Waals surface area contributed by atoms with Crippen molar-refractivity contribution in [3.63, 3.8) is 0 Å². The van der Waals surface area contributed by atoms with Gasteiger partial charge in [-0.25, -0.2) is 17.8 Å². The zero-order chi connectivity index (χ0) is 15.0. The molecule has 0 radical (unpaired) electrons. The third kappa shape index (κ3) is 2.76. The number of hydrogen-bond donors (Lipinski definition) is 2. The zero-order valence-electron chi connectivity index (χ0n) is 11.1. The molecule has 1 atom stereocenters. The van der Waals surface area contributed by atoms with Crippen LogP contribution in [0.1, 0.15) is 12.0 Å². The molecule has 8 heteroatoms. The van der Waals surface area contributed by atoms with Crippen LogP contribution in [-0.2, 0) is 21.2 Å². The molecule has 0 saturated carbocycles. The summed E-state index contributed by atoms with van der Waals surface area (Å²) in [7, 11) is -3.11. The summed E-state index contributed by atoms with van der Waals surface area (Å²) < 4.78 is 36.6. The minimum absolute atomic E-state index is 0.0105. The van der Waals surface area contributed by atoms with Crippen molar-refractivity contribution in [2.24, 2.45) is 5.92 Å². The van der Waals surface area contributed by atoms with Crippen molar-refractivity contribution in [3.8, 4) is 0 Å². The van der Waals surface area contributed by atoms with Gasteiger partial charge in [-0.2, -0.15) is 0 Å². The van der Waals surface area contributed by atoms with Crippen LogP contribution in [0.3, 0.4) is 0 Å². The average Bonchev–Trinajstić information content (AvgIpc) is 3.03. The molecule has 1 amide bonds. The van der Waals surface area contributed by atoms with Gasteiger partial charge in [-0.3, -0.25) is 4.79 Å². The van der Waals surface area contributed by atoms with E-state index in [1.165, 1.54) is 12.4 Å². The van der Waals surface area contributed by atoms with E-state index in [2.05, 4.69) is 15.3 Å². The van der Waals surface area contributed by atoms with Gasteiger partial charge in [0.1, 0.15) is 5.82 Å². The number of aromatic amines is 1. The Balaban J connectivity index is 1.73. The van der Waals surface area contributed by atoms with E-state index in [9.17, 15) is 17.6 Å². The number of nitrogens with zero attached hydrogens (tertiary/aromatic N) is 1. The van der Waals surface area contributed by atoms with E-state index in [1.54, 1.807) is 6.07 Å². The molecule has 1 aromatic carbocycles. The van der Waals surface area contributed by atoms with Crippen LogP contribution in [0, 0.1) is 11.7 Å². The summed E-state index contributed by atoms with van der Waals surface area (Å²) in [6.07, 6.45) is 1.78. The molecule has 0 bridgehead atoms. The molecule has 1 unspecified atom stereocenters. The van der Waals surface area contributed by atoms with E-state index in [1.807, 2.05) is 0 Å². The summed E-state index contributed by atoms with van der Waals surface area (Å²) in [5.41, 5.74) is 1.45. The van der Waals surface area contributed by atoms with Crippen molar-refractivity contribution in [1.82, 2.24) is 15.3 Å². The second kappa shape index (κ2) is 5.10. The number of aromatic nitrogens is 2. The third-order valence-corrected chi connectivity index (χ3v) is 5.45. The number of imidazole rings is 1. The number of sulfone groups is 1. The van der Waals surface area contributed by atoms with Gasteiger partial charge in [0.15, 0.2) is 9.84 Å². The number of H-pyrrole nitrogens is 1.